The van der Waals surface area contributed by atoms with Gasteiger partial charge in [-0.15, -0.1) is 0 Å². The molecule has 0 spiro atoms. The van der Waals surface area contributed by atoms with Gasteiger partial charge in [-0.2, -0.15) is 0 Å². The van der Waals surface area contributed by atoms with E-state index in [2.05, 4.69) is 21.3 Å². The van der Waals surface area contributed by atoms with Crippen LogP contribution in [0.2, 0.25) is 0 Å². The molecular weight excluding hydrogens is 468 g/mol. The first-order valence-electron chi connectivity index (χ1n) is 12.2. The lowest BCUT2D eigenvalue weighted by Crippen LogP contribution is -2.29. The van der Waals surface area contributed by atoms with Crippen LogP contribution in [0.3, 0.4) is 0 Å². The number of hydrogen-bond donors (Lipinski definition) is 4. The van der Waals surface area contributed by atoms with Crippen molar-refractivity contribution in [2.75, 3.05) is 30.3 Å². The monoisotopic (exact) mass is 498 g/mol. The number of rotatable bonds is 10. The van der Waals surface area contributed by atoms with E-state index in [4.69, 9.17) is 4.74 Å². The van der Waals surface area contributed by atoms with Crippen LogP contribution in [0.25, 0.3) is 11.3 Å². The van der Waals surface area contributed by atoms with Gasteiger partial charge in [-0.1, -0.05) is 48.5 Å². The fourth-order valence-corrected chi connectivity index (χ4v) is 4.06. The SMILES string of the molecule is CCOC(=O)c1ccc2c(c1)NC(=O)/C2=C(\Nc1ccc(CNCCNC(C)=O)cc1)c1ccccc1. The standard InChI is InChI=1S/C29H30N4O4/c1-3-37-29(36)22-11-14-24-25(17-22)33-28(35)26(24)27(21-7-5-4-6-8-21)32-23-12-9-20(10-13-23)18-30-15-16-31-19(2)34/h4-14,17,30,32H,3,15-16,18H2,1-2H3,(H,31,34)(H,33,35)/b27-26-. The minimum absolute atomic E-state index is 0.0430. The number of carbonyl (C=O) groups is 3. The van der Waals surface area contributed by atoms with E-state index in [9.17, 15) is 14.4 Å². The smallest absolute Gasteiger partial charge is 0.338 e. The van der Waals surface area contributed by atoms with E-state index in [0.717, 1.165) is 16.8 Å². The van der Waals surface area contributed by atoms with Crippen molar-refractivity contribution in [3.8, 4) is 0 Å². The second kappa shape index (κ2) is 12.0. The molecule has 1 aliphatic rings. The van der Waals surface area contributed by atoms with Crippen molar-refractivity contribution in [1.29, 1.82) is 0 Å². The summed E-state index contributed by atoms with van der Waals surface area (Å²) >= 11 is 0. The molecule has 3 aromatic carbocycles. The Hall–Kier alpha value is -4.43. The molecule has 37 heavy (non-hydrogen) atoms. The lowest BCUT2D eigenvalue weighted by atomic mass is 9.99. The van der Waals surface area contributed by atoms with Crippen LogP contribution in [0.5, 0.6) is 0 Å². The van der Waals surface area contributed by atoms with Gasteiger partial charge in [0.2, 0.25) is 5.91 Å². The van der Waals surface area contributed by atoms with Gasteiger partial charge >= 0.3 is 5.97 Å². The maximum atomic E-state index is 13.2. The quantitative estimate of drug-likeness (QED) is 0.191. The summed E-state index contributed by atoms with van der Waals surface area (Å²) in [6.07, 6.45) is 0. The molecule has 190 valence electrons. The van der Waals surface area contributed by atoms with Crippen LogP contribution < -0.4 is 21.3 Å². The first kappa shape index (κ1) is 25.7. The van der Waals surface area contributed by atoms with E-state index in [-0.39, 0.29) is 18.4 Å². The minimum Gasteiger partial charge on any atom is -0.462 e. The third-order valence-electron chi connectivity index (χ3n) is 5.82. The number of amides is 2. The molecule has 0 fully saturated rings. The van der Waals surface area contributed by atoms with Crippen LogP contribution in [0, 0.1) is 0 Å². The van der Waals surface area contributed by atoms with Crippen molar-refractivity contribution in [1.82, 2.24) is 10.6 Å². The van der Waals surface area contributed by atoms with Gasteiger partial charge in [0.15, 0.2) is 0 Å². The Labute approximate surface area is 216 Å². The number of hydrogen-bond acceptors (Lipinski definition) is 6. The van der Waals surface area contributed by atoms with Crippen LogP contribution in [0.4, 0.5) is 11.4 Å². The van der Waals surface area contributed by atoms with E-state index >= 15 is 0 Å². The highest BCUT2D eigenvalue weighted by Crippen LogP contribution is 2.38. The summed E-state index contributed by atoms with van der Waals surface area (Å²) in [5.74, 6) is -0.719. The van der Waals surface area contributed by atoms with Gasteiger partial charge in [-0.25, -0.2) is 4.79 Å². The first-order valence-corrected chi connectivity index (χ1v) is 12.2. The molecule has 4 N–H and O–H groups in total. The number of ether oxygens (including phenoxy) is 1. The van der Waals surface area contributed by atoms with Crippen LogP contribution in [-0.4, -0.2) is 37.5 Å². The molecule has 0 aromatic heterocycles. The Morgan fingerprint density at radius 1 is 0.919 bits per heavy atom. The number of nitrogens with one attached hydrogen (secondary N) is 4. The van der Waals surface area contributed by atoms with E-state index in [1.165, 1.54) is 6.92 Å². The summed E-state index contributed by atoms with van der Waals surface area (Å²) in [6, 6.07) is 22.7. The number of anilines is 2. The third kappa shape index (κ3) is 6.42. The maximum Gasteiger partial charge on any atom is 0.338 e. The molecule has 0 unspecified atom stereocenters. The molecule has 1 aliphatic heterocycles. The Morgan fingerprint density at radius 3 is 2.38 bits per heavy atom. The number of benzene rings is 3. The van der Waals surface area contributed by atoms with Crippen molar-refractivity contribution < 1.29 is 19.1 Å². The van der Waals surface area contributed by atoms with Crippen molar-refractivity contribution in [3.63, 3.8) is 0 Å². The van der Waals surface area contributed by atoms with Gasteiger partial charge in [0, 0.05) is 37.8 Å². The summed E-state index contributed by atoms with van der Waals surface area (Å²) in [4.78, 5) is 36.3. The second-order valence-corrected chi connectivity index (χ2v) is 8.53. The van der Waals surface area contributed by atoms with E-state index in [1.807, 2.05) is 54.6 Å². The lowest BCUT2D eigenvalue weighted by Gasteiger charge is -2.15. The molecular formula is C29H30N4O4. The van der Waals surface area contributed by atoms with Crippen molar-refractivity contribution in [2.24, 2.45) is 0 Å². The highest BCUT2D eigenvalue weighted by atomic mass is 16.5. The van der Waals surface area contributed by atoms with Crippen LogP contribution in [0.1, 0.15) is 40.9 Å². The molecule has 0 radical (unpaired) electrons. The Bertz CT molecular complexity index is 1320. The summed E-state index contributed by atoms with van der Waals surface area (Å²) in [7, 11) is 0. The van der Waals surface area contributed by atoms with Crippen LogP contribution in [-0.2, 0) is 20.9 Å². The maximum absolute atomic E-state index is 13.2. The zero-order chi connectivity index (χ0) is 26.2. The average molecular weight is 499 g/mol. The highest BCUT2D eigenvalue weighted by molar-refractivity contribution is 6.37. The molecule has 2 amide bonds. The molecule has 0 saturated heterocycles. The minimum atomic E-state index is -0.428. The summed E-state index contributed by atoms with van der Waals surface area (Å²) < 4.78 is 5.10. The van der Waals surface area contributed by atoms with Gasteiger partial charge in [-0.05, 0) is 42.3 Å². The van der Waals surface area contributed by atoms with Crippen molar-refractivity contribution in [2.45, 2.75) is 20.4 Å². The average Bonchev–Trinajstić information content (AvgIpc) is 3.23. The van der Waals surface area contributed by atoms with E-state index < -0.39 is 5.97 Å². The van der Waals surface area contributed by atoms with E-state index in [1.54, 1.807) is 25.1 Å². The van der Waals surface area contributed by atoms with Crippen molar-refractivity contribution in [3.05, 3.63) is 95.1 Å². The predicted octanol–water partition coefficient (Wildman–Crippen LogP) is 4.02. The first-order chi connectivity index (χ1) is 18.0. The van der Waals surface area contributed by atoms with E-state index in [0.29, 0.717) is 47.7 Å². The molecule has 4 rings (SSSR count). The fourth-order valence-electron chi connectivity index (χ4n) is 4.06. The lowest BCUT2D eigenvalue weighted by molar-refractivity contribution is -0.119. The highest BCUT2D eigenvalue weighted by Gasteiger charge is 2.29. The Morgan fingerprint density at radius 2 is 1.68 bits per heavy atom. The molecule has 8 nitrogen and oxygen atoms in total. The number of fused-ring (bicyclic) bond motifs is 1. The molecule has 1 heterocycles. The number of esters is 1. The van der Waals surface area contributed by atoms with Gasteiger partial charge in [0.1, 0.15) is 0 Å². The molecule has 0 bridgehead atoms. The molecule has 0 atom stereocenters. The second-order valence-electron chi connectivity index (χ2n) is 8.53. The van der Waals surface area contributed by atoms with Crippen LogP contribution >= 0.6 is 0 Å². The summed E-state index contributed by atoms with van der Waals surface area (Å²) in [6.45, 7) is 5.46. The third-order valence-corrected chi connectivity index (χ3v) is 5.82. The summed E-state index contributed by atoms with van der Waals surface area (Å²) in [5, 5.41) is 12.4. The normalized spacial score (nSPS) is 13.4. The molecule has 0 aliphatic carbocycles. The zero-order valence-electron chi connectivity index (χ0n) is 20.9. The Kier molecular flexibility index (Phi) is 8.33. The zero-order valence-corrected chi connectivity index (χ0v) is 20.9. The van der Waals surface area contributed by atoms with Gasteiger partial charge in [0.25, 0.3) is 5.91 Å². The van der Waals surface area contributed by atoms with Crippen molar-refractivity contribution >= 4 is 40.4 Å². The summed E-state index contributed by atoms with van der Waals surface area (Å²) in [5.41, 5.74) is 5.62. The van der Waals surface area contributed by atoms with Gasteiger partial charge < -0.3 is 26.0 Å². The van der Waals surface area contributed by atoms with Gasteiger partial charge in [0.05, 0.1) is 29.1 Å². The largest absolute Gasteiger partial charge is 0.462 e. The predicted molar refractivity (Wildman–Crippen MR) is 145 cm³/mol. The molecule has 3 aromatic rings. The van der Waals surface area contributed by atoms with Crippen LogP contribution in [0.15, 0.2) is 72.8 Å². The Balaban J connectivity index is 1.59. The topological polar surface area (TPSA) is 109 Å². The van der Waals surface area contributed by atoms with Gasteiger partial charge in [-0.3, -0.25) is 9.59 Å². The molecule has 8 heteroatoms. The number of carbonyl (C=O) groups excluding carboxylic acids is 3. The fraction of sp³-hybridized carbons (Fsp3) is 0.207. The molecule has 0 saturated carbocycles.